The third-order valence-corrected chi connectivity index (χ3v) is 18.6. The maximum absolute atomic E-state index is 13.1. The Balaban J connectivity index is 5.43. The summed E-state index contributed by atoms with van der Waals surface area (Å²) in [5.74, 6) is -2.27. The molecule has 0 fully saturated rings. The van der Waals surface area contributed by atoms with Gasteiger partial charge in [-0.25, -0.2) is 9.13 Å². The fraction of sp³-hybridized carbons (Fsp3) is 0.735. The van der Waals surface area contributed by atoms with Crippen molar-refractivity contribution in [2.24, 2.45) is 0 Å². The maximum atomic E-state index is 13.1. The molecule has 0 aliphatic rings. The molecule has 0 spiro atoms. The number of allylic oxidation sites excluding steroid dienone is 18. The van der Waals surface area contributed by atoms with E-state index in [1.54, 1.807) is 0 Å². The fourth-order valence-electron chi connectivity index (χ4n) is 10.5. The van der Waals surface area contributed by atoms with Crippen LogP contribution in [0.5, 0.6) is 0 Å². The van der Waals surface area contributed by atoms with Gasteiger partial charge in [0.25, 0.3) is 0 Å². The SMILES string of the molecule is CCCCC/C=C\C/C=C\C/C=C\C/C=C\CCCC(=O)OC[C@H](COP(=O)(O)OC[C@@H](O)COP(=O)(O)OC[C@@H](COC(=O)CCCCCCC/C=C\C/C=C\CCCCC)OC(=O)CCCCCCC/C=C\CCCCCCCC)OC(=O)CCCCCCC/C=C\C=C/CCCCCC. The second kappa shape index (κ2) is 75.0. The number of esters is 4. The molecule has 17 nitrogen and oxygen atoms in total. The van der Waals surface area contributed by atoms with Crippen LogP contribution in [0.2, 0.25) is 0 Å². The van der Waals surface area contributed by atoms with Crippen molar-refractivity contribution in [1.82, 2.24) is 0 Å². The molecule has 0 rings (SSSR count). The average Bonchev–Trinajstić information content (AvgIpc) is 0.923. The quantitative estimate of drug-likeness (QED) is 0.0128. The van der Waals surface area contributed by atoms with Crippen molar-refractivity contribution in [1.29, 1.82) is 0 Å². The number of rotatable bonds is 75. The Hall–Kier alpha value is -4.28. The van der Waals surface area contributed by atoms with E-state index in [1.165, 1.54) is 103 Å². The molecule has 0 saturated carbocycles. The lowest BCUT2D eigenvalue weighted by molar-refractivity contribution is -0.161. The highest BCUT2D eigenvalue weighted by molar-refractivity contribution is 7.47. The number of hydrogen-bond donors (Lipinski definition) is 3. The predicted molar refractivity (Wildman–Crippen MR) is 418 cm³/mol. The van der Waals surface area contributed by atoms with E-state index in [4.69, 9.17) is 37.0 Å². The summed E-state index contributed by atoms with van der Waals surface area (Å²) >= 11 is 0. The van der Waals surface area contributed by atoms with Crippen LogP contribution in [0.1, 0.15) is 336 Å². The average molecular weight is 1480 g/mol. The minimum absolute atomic E-state index is 0.0645. The number of ether oxygens (including phenoxy) is 4. The molecule has 2 unspecified atom stereocenters. The van der Waals surface area contributed by atoms with Crippen molar-refractivity contribution < 1.29 is 80.2 Å². The van der Waals surface area contributed by atoms with Gasteiger partial charge in [0, 0.05) is 25.7 Å². The molecule has 0 amide bonds. The van der Waals surface area contributed by atoms with E-state index in [2.05, 4.69) is 125 Å². The molecule has 3 N–H and O–H groups in total. The molecule has 0 aromatic carbocycles. The van der Waals surface area contributed by atoms with Crippen LogP contribution in [0, 0.1) is 0 Å². The topological polar surface area (TPSA) is 237 Å². The predicted octanol–water partition coefficient (Wildman–Crippen LogP) is 23.3. The summed E-state index contributed by atoms with van der Waals surface area (Å²) < 4.78 is 68.5. The monoisotopic (exact) mass is 1470 g/mol. The number of hydrogen-bond acceptors (Lipinski definition) is 15. The molecule has 0 heterocycles. The Morgan fingerprint density at radius 3 is 0.873 bits per heavy atom. The van der Waals surface area contributed by atoms with Gasteiger partial charge >= 0.3 is 39.5 Å². The summed E-state index contributed by atoms with van der Waals surface area (Å²) in [6, 6.07) is 0. The molecule has 19 heteroatoms. The van der Waals surface area contributed by atoms with Gasteiger partial charge < -0.3 is 33.8 Å². The number of carbonyl (C=O) groups excluding carboxylic acids is 4. The van der Waals surface area contributed by atoms with Gasteiger partial charge in [-0.3, -0.25) is 37.3 Å². The molecule has 0 radical (unpaired) electrons. The van der Waals surface area contributed by atoms with E-state index >= 15 is 0 Å². The summed E-state index contributed by atoms with van der Waals surface area (Å²) in [5, 5.41) is 10.6. The molecule has 0 aromatic heterocycles. The first-order valence-corrected chi connectivity index (χ1v) is 43.1. The molecule has 0 aromatic rings. The highest BCUT2D eigenvalue weighted by atomic mass is 31.2. The zero-order valence-electron chi connectivity index (χ0n) is 64.3. The van der Waals surface area contributed by atoms with Gasteiger partial charge in [0.05, 0.1) is 26.4 Å². The van der Waals surface area contributed by atoms with Gasteiger partial charge in [0.1, 0.15) is 19.3 Å². The first kappa shape index (κ1) is 97.7. The lowest BCUT2D eigenvalue weighted by Gasteiger charge is -2.21. The molecule has 588 valence electrons. The Morgan fingerprint density at radius 2 is 0.520 bits per heavy atom. The van der Waals surface area contributed by atoms with Gasteiger partial charge in [-0.15, -0.1) is 0 Å². The smallest absolute Gasteiger partial charge is 0.462 e. The van der Waals surface area contributed by atoms with Crippen molar-refractivity contribution in [2.75, 3.05) is 39.6 Å². The molecule has 5 atom stereocenters. The van der Waals surface area contributed by atoms with Crippen LogP contribution in [-0.4, -0.2) is 96.7 Å². The number of phosphoric ester groups is 2. The largest absolute Gasteiger partial charge is 0.472 e. The van der Waals surface area contributed by atoms with Gasteiger partial charge in [-0.2, -0.15) is 0 Å². The van der Waals surface area contributed by atoms with Gasteiger partial charge in [-0.05, 0) is 148 Å². The molecule has 0 bridgehead atoms. The minimum Gasteiger partial charge on any atom is -0.462 e. The first-order valence-electron chi connectivity index (χ1n) is 40.1. The molecule has 0 saturated heterocycles. The number of aliphatic hydroxyl groups excluding tert-OH is 1. The second-order valence-corrected chi connectivity index (χ2v) is 29.6. The van der Waals surface area contributed by atoms with Crippen LogP contribution in [0.3, 0.4) is 0 Å². The number of phosphoric acid groups is 2. The van der Waals surface area contributed by atoms with Crippen LogP contribution in [0.15, 0.2) is 109 Å². The van der Waals surface area contributed by atoms with E-state index in [0.29, 0.717) is 32.1 Å². The van der Waals surface area contributed by atoms with Crippen LogP contribution < -0.4 is 0 Å². The Bertz CT molecular complexity index is 2360. The van der Waals surface area contributed by atoms with Gasteiger partial charge in [0.2, 0.25) is 0 Å². The van der Waals surface area contributed by atoms with Crippen molar-refractivity contribution in [3.8, 4) is 0 Å². The van der Waals surface area contributed by atoms with E-state index in [0.717, 1.165) is 148 Å². The van der Waals surface area contributed by atoms with Crippen molar-refractivity contribution in [3.63, 3.8) is 0 Å². The Kier molecular flexibility index (Phi) is 71.8. The number of unbranched alkanes of at least 4 members (excludes halogenated alkanes) is 32. The maximum Gasteiger partial charge on any atom is 0.472 e. The minimum atomic E-state index is -4.99. The lowest BCUT2D eigenvalue weighted by Crippen LogP contribution is -2.30. The zero-order chi connectivity index (χ0) is 74.6. The van der Waals surface area contributed by atoms with E-state index < -0.39 is 97.5 Å². The van der Waals surface area contributed by atoms with E-state index in [9.17, 15) is 43.2 Å². The summed E-state index contributed by atoms with van der Waals surface area (Å²) in [6.07, 6.45) is 80.7. The number of carbonyl (C=O) groups is 4. The first-order chi connectivity index (χ1) is 49.7. The van der Waals surface area contributed by atoms with Crippen molar-refractivity contribution in [2.45, 2.75) is 354 Å². The standard InChI is InChI=1S/C83H144O17P2/c1-5-9-13-17-21-25-29-33-37-38-42-44-48-52-56-60-64-68-81(86)94-74-79(100-83(88)70-66-62-58-54-50-46-41-36-32-28-24-20-16-12-8-4)76-98-102(91,92)96-72-77(84)71-95-101(89,90)97-75-78(99-82(87)69-65-61-57-53-49-45-40-35-31-27-23-19-15-11-7-3)73-93-80(85)67-63-59-55-51-47-43-39-34-30-26-22-18-14-10-6-2/h21-22,25-26,28,32-37,39-42,44,52,56,77-79,84H,5-20,23-24,27,29-31,38,43,45-51,53-55,57-76H2,1-4H3,(H,89,90)(H,91,92)/b25-21-,26-22-,32-28-,37-33-,39-34-,40-35-,41-36-,44-42-,56-52-/t77-,78+,79+/m0/s1. The van der Waals surface area contributed by atoms with E-state index in [1.807, 2.05) is 12.2 Å². The van der Waals surface area contributed by atoms with Gasteiger partial charge in [-0.1, -0.05) is 272 Å². The highest BCUT2D eigenvalue weighted by Gasteiger charge is 2.30. The second-order valence-electron chi connectivity index (χ2n) is 26.7. The Morgan fingerprint density at radius 1 is 0.284 bits per heavy atom. The normalized spacial score (nSPS) is 14.5. The molecule has 0 aliphatic heterocycles. The lowest BCUT2D eigenvalue weighted by atomic mass is 10.1. The molecular formula is C83H144O17P2. The van der Waals surface area contributed by atoms with Gasteiger partial charge in [0.15, 0.2) is 12.2 Å². The van der Waals surface area contributed by atoms with Crippen LogP contribution >= 0.6 is 15.6 Å². The van der Waals surface area contributed by atoms with Crippen LogP contribution in [0.4, 0.5) is 0 Å². The molecular weight excluding hydrogens is 1330 g/mol. The number of aliphatic hydroxyl groups is 1. The fourth-order valence-corrected chi connectivity index (χ4v) is 12.1. The molecule has 0 aliphatic carbocycles. The van der Waals surface area contributed by atoms with Crippen LogP contribution in [0.25, 0.3) is 0 Å². The summed E-state index contributed by atoms with van der Waals surface area (Å²) in [4.78, 5) is 73.0. The third kappa shape index (κ3) is 74.0. The van der Waals surface area contributed by atoms with E-state index in [-0.39, 0.29) is 25.7 Å². The third-order valence-electron chi connectivity index (χ3n) is 16.7. The highest BCUT2D eigenvalue weighted by Crippen LogP contribution is 2.45. The van der Waals surface area contributed by atoms with Crippen molar-refractivity contribution in [3.05, 3.63) is 109 Å². The summed E-state index contributed by atoms with van der Waals surface area (Å²) in [6.45, 7) is 4.72. The summed E-state index contributed by atoms with van der Waals surface area (Å²) in [5.41, 5.74) is 0. The summed E-state index contributed by atoms with van der Waals surface area (Å²) in [7, 11) is -9.98. The Labute approximate surface area is 619 Å². The van der Waals surface area contributed by atoms with Crippen molar-refractivity contribution >= 4 is 39.5 Å². The van der Waals surface area contributed by atoms with Crippen LogP contribution in [-0.2, 0) is 65.4 Å². The zero-order valence-corrected chi connectivity index (χ0v) is 66.0. The molecule has 102 heavy (non-hydrogen) atoms.